The highest BCUT2D eigenvalue weighted by atomic mass is 32.2. The van der Waals surface area contributed by atoms with Crippen LogP contribution in [-0.2, 0) is 0 Å². The average molecular weight is 255 g/mol. The number of hydrogen-bond acceptors (Lipinski definition) is 3. The third kappa shape index (κ3) is 7.43. The highest BCUT2D eigenvalue weighted by Gasteiger charge is 2.06. The van der Waals surface area contributed by atoms with Crippen molar-refractivity contribution in [2.24, 2.45) is 5.73 Å². The Morgan fingerprint density at radius 2 is 1.75 bits per heavy atom. The molecule has 2 nitrogen and oxygen atoms in total. The van der Waals surface area contributed by atoms with Gasteiger partial charge in [-0.05, 0) is 11.8 Å². The molecule has 0 unspecified atom stereocenters. The van der Waals surface area contributed by atoms with Crippen LogP contribution < -0.4 is 5.73 Å². The summed E-state index contributed by atoms with van der Waals surface area (Å²) in [6.07, 6.45) is 2.64. The van der Waals surface area contributed by atoms with Crippen LogP contribution in [-0.4, -0.2) is 9.44 Å². The summed E-state index contributed by atoms with van der Waals surface area (Å²) in [5.41, 5.74) is 5.82. The number of thiocarbonyl (C=S) groups is 1. The van der Waals surface area contributed by atoms with Crippen molar-refractivity contribution < 1.29 is 4.79 Å². The largest absolute Gasteiger partial charge is 0.384 e. The second-order valence-corrected chi connectivity index (χ2v) is 4.79. The van der Waals surface area contributed by atoms with E-state index in [-0.39, 0.29) is 9.44 Å². The van der Waals surface area contributed by atoms with Gasteiger partial charge in [0.15, 0.2) is 0 Å². The highest BCUT2D eigenvalue weighted by Crippen LogP contribution is 2.11. The molecular formula is C12H17NOS2. The van der Waals surface area contributed by atoms with Gasteiger partial charge in [-0.25, -0.2) is 0 Å². The van der Waals surface area contributed by atoms with E-state index in [1.165, 1.54) is 12.8 Å². The van der Waals surface area contributed by atoms with Crippen LogP contribution in [0.5, 0.6) is 0 Å². The van der Waals surface area contributed by atoms with Crippen LogP contribution in [0.2, 0.25) is 0 Å². The first-order valence-corrected chi connectivity index (χ1v) is 6.40. The van der Waals surface area contributed by atoms with Crippen LogP contribution in [0.3, 0.4) is 0 Å². The van der Waals surface area contributed by atoms with Gasteiger partial charge in [0.05, 0.1) is 0 Å². The Morgan fingerprint density at radius 3 is 2.12 bits per heavy atom. The predicted molar refractivity (Wildman–Crippen MR) is 75.7 cm³/mol. The fourth-order valence-corrected chi connectivity index (χ4v) is 1.39. The number of nitrogens with two attached hydrogens (primary N) is 1. The Hall–Kier alpha value is -0.870. The van der Waals surface area contributed by atoms with Crippen molar-refractivity contribution in [1.82, 2.24) is 0 Å². The molecule has 0 amide bonds. The minimum atomic E-state index is -0.108. The van der Waals surface area contributed by atoms with Gasteiger partial charge in [-0.3, -0.25) is 4.79 Å². The third-order valence-corrected chi connectivity index (χ3v) is 2.58. The smallest absolute Gasteiger partial charge is 0.226 e. The normalized spacial score (nSPS) is 8.88. The first-order chi connectivity index (χ1) is 7.61. The Balaban J connectivity index is 0.000000487. The van der Waals surface area contributed by atoms with Gasteiger partial charge in [0.1, 0.15) is 4.32 Å². The zero-order valence-corrected chi connectivity index (χ0v) is 11.2. The summed E-state index contributed by atoms with van der Waals surface area (Å²) in [6.45, 7) is 4.36. The number of thioether (sulfide) groups is 1. The van der Waals surface area contributed by atoms with Crippen LogP contribution in [0.4, 0.5) is 0 Å². The van der Waals surface area contributed by atoms with Gasteiger partial charge in [0, 0.05) is 5.56 Å². The molecule has 88 valence electrons. The summed E-state index contributed by atoms with van der Waals surface area (Å²) in [5.74, 6) is 0. The summed E-state index contributed by atoms with van der Waals surface area (Å²) < 4.78 is 0.156. The lowest BCUT2D eigenvalue weighted by molar-refractivity contribution is 0.109. The number of hydrogen-bond donors (Lipinski definition) is 1. The van der Waals surface area contributed by atoms with Crippen molar-refractivity contribution in [3.05, 3.63) is 35.9 Å². The van der Waals surface area contributed by atoms with Gasteiger partial charge in [0.25, 0.3) is 0 Å². The standard InChI is InChI=1S/C8H7NOS2.C4H10/c9-8(11)12-7(10)6-4-2-1-3-5-6;1-3-4-2/h1-5H,(H2,9,11);3-4H2,1-2H3. The zero-order valence-electron chi connectivity index (χ0n) is 9.60. The van der Waals surface area contributed by atoms with Crippen LogP contribution in [0, 0.1) is 0 Å². The van der Waals surface area contributed by atoms with Crippen LogP contribution in [0.25, 0.3) is 0 Å². The minimum Gasteiger partial charge on any atom is -0.384 e. The van der Waals surface area contributed by atoms with Crippen molar-refractivity contribution in [3.8, 4) is 0 Å². The second kappa shape index (κ2) is 9.36. The Labute approximate surface area is 107 Å². The van der Waals surface area contributed by atoms with E-state index < -0.39 is 0 Å². The topological polar surface area (TPSA) is 43.1 Å². The van der Waals surface area contributed by atoms with Crippen LogP contribution in [0.15, 0.2) is 30.3 Å². The van der Waals surface area contributed by atoms with Crippen molar-refractivity contribution >= 4 is 33.4 Å². The summed E-state index contributed by atoms with van der Waals surface area (Å²) in [7, 11) is 0. The maximum Gasteiger partial charge on any atom is 0.226 e. The Kier molecular flexibility index (Phi) is 8.85. The monoisotopic (exact) mass is 255 g/mol. The first-order valence-electron chi connectivity index (χ1n) is 5.18. The maximum atomic E-state index is 11.3. The number of benzene rings is 1. The van der Waals surface area contributed by atoms with Crippen molar-refractivity contribution in [2.45, 2.75) is 26.7 Å². The summed E-state index contributed by atoms with van der Waals surface area (Å²) in [6, 6.07) is 8.91. The molecule has 2 N–H and O–H groups in total. The molecule has 0 saturated carbocycles. The van der Waals surface area contributed by atoms with Crippen molar-refractivity contribution in [2.75, 3.05) is 0 Å². The van der Waals surface area contributed by atoms with Crippen molar-refractivity contribution in [1.29, 1.82) is 0 Å². The van der Waals surface area contributed by atoms with Crippen LogP contribution >= 0.6 is 24.0 Å². The molecule has 0 atom stereocenters. The van der Waals surface area contributed by atoms with E-state index in [0.717, 1.165) is 11.8 Å². The lowest BCUT2D eigenvalue weighted by Crippen LogP contribution is -2.06. The fraction of sp³-hybridized carbons (Fsp3) is 0.333. The molecule has 1 rings (SSSR count). The van der Waals surface area contributed by atoms with E-state index in [0.29, 0.717) is 5.56 Å². The fourth-order valence-electron chi connectivity index (χ4n) is 0.725. The molecule has 0 fully saturated rings. The first kappa shape index (κ1) is 15.1. The average Bonchev–Trinajstić information content (AvgIpc) is 2.30. The molecule has 4 heteroatoms. The van der Waals surface area contributed by atoms with E-state index >= 15 is 0 Å². The Morgan fingerprint density at radius 1 is 1.25 bits per heavy atom. The van der Waals surface area contributed by atoms with Gasteiger partial charge in [-0.15, -0.1) is 0 Å². The molecule has 0 saturated heterocycles. The van der Waals surface area contributed by atoms with E-state index in [1.807, 2.05) is 6.07 Å². The van der Waals surface area contributed by atoms with E-state index in [4.69, 9.17) is 5.73 Å². The third-order valence-electron chi connectivity index (χ3n) is 1.70. The molecule has 1 aromatic carbocycles. The number of carbonyl (C=O) groups is 1. The van der Waals surface area contributed by atoms with E-state index in [1.54, 1.807) is 24.3 Å². The van der Waals surface area contributed by atoms with Gasteiger partial charge < -0.3 is 5.73 Å². The summed E-state index contributed by atoms with van der Waals surface area (Å²) >= 11 is 5.47. The van der Waals surface area contributed by atoms with Gasteiger partial charge in [-0.2, -0.15) is 0 Å². The number of unbranched alkanes of at least 4 members (excludes halogenated alkanes) is 1. The van der Waals surface area contributed by atoms with Gasteiger partial charge in [-0.1, -0.05) is 69.2 Å². The molecule has 1 aromatic rings. The molecule has 0 aliphatic carbocycles. The summed E-state index contributed by atoms with van der Waals surface area (Å²) in [5, 5.41) is -0.108. The van der Waals surface area contributed by atoms with E-state index in [9.17, 15) is 4.79 Å². The molecule has 16 heavy (non-hydrogen) atoms. The number of carbonyl (C=O) groups excluding carboxylic acids is 1. The molecule has 0 spiro atoms. The zero-order chi connectivity index (χ0) is 12.4. The molecule has 0 aliphatic rings. The second-order valence-electron chi connectivity index (χ2n) is 3.07. The van der Waals surface area contributed by atoms with Crippen molar-refractivity contribution in [3.63, 3.8) is 0 Å². The summed E-state index contributed by atoms with van der Waals surface area (Å²) in [4.78, 5) is 11.3. The quantitative estimate of drug-likeness (QED) is 0.820. The SMILES string of the molecule is CCCC.NC(=S)SC(=O)c1ccccc1. The molecule has 0 radical (unpaired) electrons. The maximum absolute atomic E-state index is 11.3. The van der Waals surface area contributed by atoms with Crippen LogP contribution in [0.1, 0.15) is 37.0 Å². The number of rotatable bonds is 2. The minimum absolute atomic E-state index is 0.108. The predicted octanol–water partition coefficient (Wildman–Crippen LogP) is 3.61. The molecule has 0 aromatic heterocycles. The molecule has 0 aliphatic heterocycles. The highest BCUT2D eigenvalue weighted by molar-refractivity contribution is 8.33. The molecule has 0 heterocycles. The Bertz CT molecular complexity index is 323. The van der Waals surface area contributed by atoms with Gasteiger partial charge in [0.2, 0.25) is 5.12 Å². The molecular weight excluding hydrogens is 238 g/mol. The lowest BCUT2D eigenvalue weighted by Gasteiger charge is -1.96. The van der Waals surface area contributed by atoms with Gasteiger partial charge >= 0.3 is 0 Å². The van der Waals surface area contributed by atoms with E-state index in [2.05, 4.69) is 26.1 Å². The lowest BCUT2D eigenvalue weighted by atomic mass is 10.2. The molecule has 0 bridgehead atoms.